The summed E-state index contributed by atoms with van der Waals surface area (Å²) in [7, 11) is -2.30. The normalized spacial score (nSPS) is 11.1. The lowest BCUT2D eigenvalue weighted by molar-refractivity contribution is 0.416. The zero-order valence-corrected chi connectivity index (χ0v) is 12.2. The number of benzene rings is 2. The van der Waals surface area contributed by atoms with Crippen molar-refractivity contribution in [1.29, 1.82) is 0 Å². The van der Waals surface area contributed by atoms with Gasteiger partial charge in [-0.1, -0.05) is 18.2 Å². The summed E-state index contributed by atoms with van der Waals surface area (Å²) >= 11 is 0. The first-order valence-corrected chi connectivity index (χ1v) is 7.68. The van der Waals surface area contributed by atoms with E-state index in [2.05, 4.69) is 5.32 Å². The van der Waals surface area contributed by atoms with Crippen LogP contribution in [0.1, 0.15) is 5.56 Å². The van der Waals surface area contributed by atoms with Crippen molar-refractivity contribution in [2.24, 2.45) is 5.14 Å². The van der Waals surface area contributed by atoms with Gasteiger partial charge in [-0.05, 0) is 24.3 Å². The predicted molar refractivity (Wildman–Crippen MR) is 79.8 cm³/mol. The summed E-state index contributed by atoms with van der Waals surface area (Å²) in [5.41, 5.74) is 1.16. The third-order valence-electron chi connectivity index (χ3n) is 2.96. The van der Waals surface area contributed by atoms with Gasteiger partial charge in [0.2, 0.25) is 10.0 Å². The summed E-state index contributed by atoms with van der Waals surface area (Å²) in [4.78, 5) is -0.0110. The number of anilines is 1. The Bertz CT molecular complexity index is 744. The number of hydrogen-bond donors (Lipinski definition) is 3. The Labute approximate surface area is 123 Å². The Balaban J connectivity index is 2.28. The van der Waals surface area contributed by atoms with E-state index >= 15 is 0 Å². The average Bonchev–Trinajstić information content (AvgIpc) is 2.45. The molecule has 112 valence electrons. The molecule has 0 saturated carbocycles. The third kappa shape index (κ3) is 3.65. The molecule has 0 fully saturated rings. The Morgan fingerprint density at radius 1 is 1.24 bits per heavy atom. The van der Waals surface area contributed by atoms with E-state index in [-0.39, 0.29) is 10.6 Å². The Kier molecular flexibility index (Phi) is 4.35. The first kappa shape index (κ1) is 15.1. The largest absolute Gasteiger partial charge is 0.508 e. The number of sulfonamides is 1. The second-order valence-electron chi connectivity index (χ2n) is 4.39. The molecule has 2 aromatic rings. The number of rotatable bonds is 5. The number of nitrogens with one attached hydrogen (secondary N) is 1. The monoisotopic (exact) mass is 308 g/mol. The Morgan fingerprint density at radius 3 is 2.57 bits per heavy atom. The van der Waals surface area contributed by atoms with E-state index in [1.807, 2.05) is 0 Å². The van der Waals surface area contributed by atoms with E-state index in [1.54, 1.807) is 24.3 Å². The molecule has 4 N–H and O–H groups in total. The van der Waals surface area contributed by atoms with Gasteiger partial charge in [-0.3, -0.25) is 0 Å². The molecule has 0 aliphatic carbocycles. The summed E-state index contributed by atoms with van der Waals surface area (Å²) in [5, 5.41) is 17.9. The summed E-state index contributed by atoms with van der Waals surface area (Å²) in [6.45, 7) is 0.317. The molecule has 0 heterocycles. The molecule has 0 unspecified atom stereocenters. The minimum absolute atomic E-state index is 0.0110. The minimum atomic E-state index is -3.79. The van der Waals surface area contributed by atoms with Crippen LogP contribution in [0, 0.1) is 0 Å². The quantitative estimate of drug-likeness (QED) is 0.779. The van der Waals surface area contributed by atoms with E-state index in [0.29, 0.717) is 23.5 Å². The van der Waals surface area contributed by atoms with Gasteiger partial charge in [0.1, 0.15) is 11.5 Å². The molecule has 2 aromatic carbocycles. The van der Waals surface area contributed by atoms with Crippen molar-refractivity contribution in [3.05, 3.63) is 48.0 Å². The molecule has 0 spiro atoms. The predicted octanol–water partition coefficient (Wildman–Crippen LogP) is 1.66. The molecule has 21 heavy (non-hydrogen) atoms. The summed E-state index contributed by atoms with van der Waals surface area (Å²) in [6.07, 6.45) is 0. The molecule has 0 bridgehead atoms. The van der Waals surface area contributed by atoms with E-state index in [9.17, 15) is 13.5 Å². The number of ether oxygens (including phenoxy) is 1. The van der Waals surface area contributed by atoms with Gasteiger partial charge in [-0.15, -0.1) is 0 Å². The van der Waals surface area contributed by atoms with E-state index in [1.165, 1.54) is 25.3 Å². The fourth-order valence-corrected chi connectivity index (χ4v) is 2.39. The van der Waals surface area contributed by atoms with Crippen LogP contribution in [0.4, 0.5) is 5.69 Å². The molecular formula is C14H16N2O4S. The number of hydrogen-bond acceptors (Lipinski definition) is 5. The molecule has 0 aliphatic rings. The first-order valence-electron chi connectivity index (χ1n) is 6.13. The second-order valence-corrected chi connectivity index (χ2v) is 5.95. The van der Waals surface area contributed by atoms with Crippen LogP contribution in [0.3, 0.4) is 0 Å². The standard InChI is InChI=1S/C14H16N2O4S/c1-20-14-7-6-11(21(15,18)19)8-12(14)16-9-10-4-2-3-5-13(10)17/h2-8,16-17H,9H2,1H3,(H2,15,18,19). The lowest BCUT2D eigenvalue weighted by Gasteiger charge is -2.13. The highest BCUT2D eigenvalue weighted by molar-refractivity contribution is 7.89. The van der Waals surface area contributed by atoms with E-state index < -0.39 is 10.0 Å². The van der Waals surface area contributed by atoms with Gasteiger partial charge in [0.05, 0.1) is 17.7 Å². The smallest absolute Gasteiger partial charge is 0.238 e. The van der Waals surface area contributed by atoms with Crippen LogP contribution in [-0.4, -0.2) is 20.6 Å². The summed E-state index contributed by atoms with van der Waals surface area (Å²) in [5.74, 6) is 0.643. The molecule has 0 radical (unpaired) electrons. The van der Waals surface area contributed by atoms with Crippen molar-refractivity contribution >= 4 is 15.7 Å². The lowest BCUT2D eigenvalue weighted by Crippen LogP contribution is -2.13. The highest BCUT2D eigenvalue weighted by atomic mass is 32.2. The van der Waals surface area contributed by atoms with Crippen LogP contribution < -0.4 is 15.2 Å². The fourth-order valence-electron chi connectivity index (χ4n) is 1.85. The van der Waals surface area contributed by atoms with Crippen molar-refractivity contribution in [1.82, 2.24) is 0 Å². The molecule has 0 aliphatic heterocycles. The van der Waals surface area contributed by atoms with Gasteiger partial charge >= 0.3 is 0 Å². The fraction of sp³-hybridized carbons (Fsp3) is 0.143. The number of primary sulfonamides is 1. The van der Waals surface area contributed by atoms with Crippen LogP contribution in [0.25, 0.3) is 0 Å². The van der Waals surface area contributed by atoms with Crippen molar-refractivity contribution in [3.8, 4) is 11.5 Å². The highest BCUT2D eigenvalue weighted by Gasteiger charge is 2.12. The minimum Gasteiger partial charge on any atom is -0.508 e. The summed E-state index contributed by atoms with van der Waals surface area (Å²) < 4.78 is 27.9. The topological polar surface area (TPSA) is 102 Å². The van der Waals surface area contributed by atoms with Crippen molar-refractivity contribution in [3.63, 3.8) is 0 Å². The molecule has 0 saturated heterocycles. The Morgan fingerprint density at radius 2 is 1.95 bits per heavy atom. The molecule has 0 amide bonds. The van der Waals surface area contributed by atoms with Gasteiger partial charge in [0, 0.05) is 12.1 Å². The zero-order valence-electron chi connectivity index (χ0n) is 11.4. The van der Waals surface area contributed by atoms with E-state index in [0.717, 1.165) is 0 Å². The summed E-state index contributed by atoms with van der Waals surface area (Å²) in [6, 6.07) is 11.2. The van der Waals surface area contributed by atoms with Crippen molar-refractivity contribution in [2.75, 3.05) is 12.4 Å². The SMILES string of the molecule is COc1ccc(S(N)(=O)=O)cc1NCc1ccccc1O. The number of phenols is 1. The molecule has 0 aromatic heterocycles. The maximum absolute atomic E-state index is 11.4. The van der Waals surface area contributed by atoms with Gasteiger partial charge in [0.15, 0.2) is 0 Å². The number of para-hydroxylation sites is 1. The molecule has 2 rings (SSSR count). The van der Waals surface area contributed by atoms with Gasteiger partial charge < -0.3 is 15.2 Å². The molecule has 6 nitrogen and oxygen atoms in total. The molecule has 0 atom stereocenters. The Hall–Kier alpha value is -2.25. The van der Waals surface area contributed by atoms with E-state index in [4.69, 9.17) is 9.88 Å². The van der Waals surface area contributed by atoms with Crippen molar-refractivity contribution in [2.45, 2.75) is 11.4 Å². The number of phenolic OH excluding ortho intramolecular Hbond substituents is 1. The maximum Gasteiger partial charge on any atom is 0.238 e. The van der Waals surface area contributed by atoms with Crippen molar-refractivity contribution < 1.29 is 18.3 Å². The number of nitrogens with two attached hydrogens (primary N) is 1. The molecular weight excluding hydrogens is 292 g/mol. The van der Waals surface area contributed by atoms with Crippen LogP contribution >= 0.6 is 0 Å². The third-order valence-corrected chi connectivity index (χ3v) is 3.87. The number of aromatic hydroxyl groups is 1. The van der Waals surface area contributed by atoms with Gasteiger partial charge in [0.25, 0.3) is 0 Å². The lowest BCUT2D eigenvalue weighted by atomic mass is 10.2. The van der Waals surface area contributed by atoms with Crippen LogP contribution in [0.15, 0.2) is 47.4 Å². The van der Waals surface area contributed by atoms with Gasteiger partial charge in [-0.2, -0.15) is 0 Å². The first-order chi connectivity index (χ1) is 9.91. The maximum atomic E-state index is 11.4. The van der Waals surface area contributed by atoms with Crippen LogP contribution in [0.5, 0.6) is 11.5 Å². The van der Waals surface area contributed by atoms with Gasteiger partial charge in [-0.25, -0.2) is 13.6 Å². The highest BCUT2D eigenvalue weighted by Crippen LogP contribution is 2.28. The zero-order chi connectivity index (χ0) is 15.5. The van der Waals surface area contributed by atoms with Crippen LogP contribution in [-0.2, 0) is 16.6 Å². The number of methoxy groups -OCH3 is 1. The average molecular weight is 308 g/mol. The van der Waals surface area contributed by atoms with Crippen LogP contribution in [0.2, 0.25) is 0 Å². The molecule has 7 heteroatoms. The second kappa shape index (κ2) is 6.02.